The lowest BCUT2D eigenvalue weighted by Gasteiger charge is -1.89. The summed E-state index contributed by atoms with van der Waals surface area (Å²) in [6, 6.07) is 0. The van der Waals surface area contributed by atoms with Crippen LogP contribution < -0.4 is 0 Å². The highest BCUT2D eigenvalue weighted by atomic mass is 16.5. The molecule has 0 aromatic carbocycles. The van der Waals surface area contributed by atoms with E-state index in [0.29, 0.717) is 6.61 Å². The predicted molar refractivity (Wildman–Crippen MR) is 167 cm³/mol. The number of rotatable bonds is 1. The maximum absolute atomic E-state index is 9.82. The molecular weight excluding hydrogens is 720 g/mol. The fourth-order valence-electron chi connectivity index (χ4n) is 0.203. The molecule has 0 aliphatic carbocycles. The van der Waals surface area contributed by atoms with Crippen LogP contribution in [-0.2, 0) is 9.53 Å². The Kier molecular flexibility index (Phi) is 1940000. The van der Waals surface area contributed by atoms with Gasteiger partial charge in [0, 0.05) is 6.92 Å². The second-order valence-electron chi connectivity index (χ2n) is 0.925. The minimum absolute atomic E-state index is 0. The van der Waals surface area contributed by atoms with Crippen molar-refractivity contribution in [3.63, 3.8) is 0 Å². The summed E-state index contributed by atoms with van der Waals surface area (Å²) < 4.78 is 4.40. The van der Waals surface area contributed by atoms with Crippen LogP contribution >= 0.6 is 0 Å². The number of carbonyl (C=O) groups is 1. The first-order valence-electron chi connectivity index (χ1n) is 1.90. The third-order valence-electron chi connectivity index (χ3n) is 0.348. The van der Waals surface area contributed by atoms with Crippen LogP contribution in [0.3, 0.4) is 0 Å². The van der Waals surface area contributed by atoms with Crippen molar-refractivity contribution in [1.29, 1.82) is 0 Å². The number of carbonyl (C=O) groups excluding carboxylic acids is 1. The van der Waals surface area contributed by atoms with Gasteiger partial charge in [0.25, 0.3) is 0 Å². The zero-order valence-electron chi connectivity index (χ0n) is 24.0. The third kappa shape index (κ3) is 92400. The van der Waals surface area contributed by atoms with Crippen LogP contribution in [0.25, 0.3) is 0 Å². The van der Waals surface area contributed by atoms with E-state index < -0.39 is 0 Å². The molecule has 46 heavy (non-hydrogen) atoms. The molecule has 0 radical (unpaired) electrons. The highest BCUT2D eigenvalue weighted by Gasteiger charge is 1.81. The van der Waals surface area contributed by atoms with Gasteiger partial charge in [-0.1, -0.05) is 0 Å². The lowest BCUT2D eigenvalue weighted by molar-refractivity contribution is -0.140. The third-order valence-corrected chi connectivity index (χ3v) is 0.348. The first-order valence-corrected chi connectivity index (χ1v) is 1.90. The summed E-state index contributed by atoms with van der Waals surface area (Å²) >= 11 is 0. The molecule has 356 valence electrons. The quantitative estimate of drug-likeness (QED) is 0.233. The zero-order chi connectivity index (χ0) is 4.99. The Morgan fingerprint density at radius 2 is 0.326 bits per heavy atom. The van der Waals surface area contributed by atoms with E-state index in [2.05, 4.69) is 4.74 Å². The van der Waals surface area contributed by atoms with Crippen molar-refractivity contribution in [3.05, 3.63) is 0 Å². The zero-order valence-corrected chi connectivity index (χ0v) is 24.0. The van der Waals surface area contributed by atoms with Crippen molar-refractivity contribution < 1.29 is 229 Å². The molecule has 0 bridgehead atoms. The van der Waals surface area contributed by atoms with Gasteiger partial charge in [0.1, 0.15) is 0 Å². The van der Waals surface area contributed by atoms with Crippen LogP contribution in [0.4, 0.5) is 0 Å². The summed E-state index contributed by atoms with van der Waals surface area (Å²) in [6.07, 6.45) is 0. The molecule has 0 heterocycles. The van der Waals surface area contributed by atoms with Gasteiger partial charge in [-0.15, -0.1) is 0 Å². The van der Waals surface area contributed by atoms with Gasteiger partial charge in [-0.2, -0.15) is 0 Å². The van der Waals surface area contributed by atoms with Gasteiger partial charge in [-0.25, -0.2) is 0 Å². The van der Waals surface area contributed by atoms with Gasteiger partial charge in [-0.05, 0) is 6.92 Å². The van der Waals surface area contributed by atoms with Crippen LogP contribution in [0, 0.1) is 0 Å². The molecule has 0 rings (SSSR count). The Labute approximate surface area is 256 Å². The fraction of sp³-hybridized carbons (Fsp3) is 0.750. The van der Waals surface area contributed by atoms with Crippen LogP contribution in [0.1, 0.15) is 13.8 Å². The van der Waals surface area contributed by atoms with E-state index in [4.69, 9.17) is 0 Å². The average molecular weight is 809 g/mol. The Morgan fingerprint density at radius 1 is 0.261 bits per heavy atom. The Morgan fingerprint density at radius 3 is 0.326 bits per heavy atom. The SMILES string of the molecule is CCOC(C)=O.O.O.O.O.O.O.O.O.O.O.O.O.O.O.O.O.O.O.O.O.O.O.O.O.O.O.O.O.O.O.O.O.O.O.O.O.O.O.O.O. The van der Waals surface area contributed by atoms with Crippen molar-refractivity contribution in [2.75, 3.05) is 6.61 Å². The van der Waals surface area contributed by atoms with Crippen molar-refractivity contribution in [2.45, 2.75) is 13.8 Å². The van der Waals surface area contributed by atoms with E-state index in [9.17, 15) is 4.79 Å². The fourth-order valence-corrected chi connectivity index (χ4v) is 0.203. The minimum atomic E-state index is -0.211. The molecule has 0 aromatic heterocycles. The van der Waals surface area contributed by atoms with Crippen molar-refractivity contribution in [3.8, 4) is 0 Å². The lowest BCUT2D eigenvalue weighted by Crippen LogP contribution is -1.95. The van der Waals surface area contributed by atoms with E-state index in [1.165, 1.54) is 6.92 Å². The molecule has 0 spiro atoms. The van der Waals surface area contributed by atoms with Crippen molar-refractivity contribution >= 4 is 5.97 Å². The van der Waals surface area contributed by atoms with Gasteiger partial charge in [0.2, 0.25) is 0 Å². The van der Waals surface area contributed by atoms with Crippen LogP contribution in [-0.4, -0.2) is 232 Å². The van der Waals surface area contributed by atoms with E-state index >= 15 is 0 Å². The number of hydrogen-bond donors (Lipinski definition) is 0. The van der Waals surface area contributed by atoms with Crippen molar-refractivity contribution in [1.82, 2.24) is 0 Å². The molecule has 0 aromatic rings. The summed E-state index contributed by atoms with van der Waals surface area (Å²) in [7, 11) is 0. The molecule has 0 saturated carbocycles. The van der Waals surface area contributed by atoms with Crippen LogP contribution in [0.5, 0.6) is 0 Å². The van der Waals surface area contributed by atoms with Crippen LogP contribution in [0.15, 0.2) is 0 Å². The molecule has 0 saturated heterocycles. The first kappa shape index (κ1) is 9790. The summed E-state index contributed by atoms with van der Waals surface area (Å²) in [5.74, 6) is -0.211. The van der Waals surface area contributed by atoms with Gasteiger partial charge in [-0.3, -0.25) is 4.79 Å². The molecule has 0 amide bonds. The number of ether oxygens (including phenoxy) is 1. The second kappa shape index (κ2) is 9120. The molecule has 0 fully saturated rings. The summed E-state index contributed by atoms with van der Waals surface area (Å²) in [5, 5.41) is 0. The van der Waals surface area contributed by atoms with Gasteiger partial charge in [0.15, 0.2) is 0 Å². The first-order chi connectivity index (χ1) is 2.77. The standard InChI is InChI=1S/C4H8O2.40H2O/c1-3-6-4(2)5;;;;;;;;;;;;;;;;;;;;;;;;;;;;;;;;;;;;;;;;/h3H2,1-2H3;40*1H2. The highest BCUT2D eigenvalue weighted by molar-refractivity contribution is 5.65. The molecule has 0 atom stereocenters. The second-order valence-corrected chi connectivity index (χ2v) is 0.925. The normalized spacial score (nSPS) is 1.00. The maximum Gasteiger partial charge on any atom is 0.302 e. The van der Waals surface area contributed by atoms with E-state index in [-0.39, 0.29) is 225 Å². The minimum Gasteiger partial charge on any atom is -0.466 e. The number of esters is 1. The molecule has 42 heteroatoms. The Bertz CT molecular complexity index is 63.6. The predicted octanol–water partition coefficient (Wildman–Crippen LogP) is -32.4. The Balaban J connectivity index is -0.000000000160. The number of hydrogen-bond acceptors (Lipinski definition) is 2. The largest absolute Gasteiger partial charge is 0.466 e. The average Bonchev–Trinajstić information content (AvgIpc) is 1.35. The molecule has 0 aliphatic heterocycles. The van der Waals surface area contributed by atoms with E-state index in [1.807, 2.05) is 0 Å². The Hall–Kier alpha value is -2.13. The molecule has 42 nitrogen and oxygen atoms in total. The van der Waals surface area contributed by atoms with Gasteiger partial charge >= 0.3 is 5.97 Å². The molecule has 0 unspecified atom stereocenters. The van der Waals surface area contributed by atoms with E-state index in [0.717, 1.165) is 0 Å². The summed E-state index contributed by atoms with van der Waals surface area (Å²) in [6.45, 7) is 3.65. The monoisotopic (exact) mass is 808 g/mol. The van der Waals surface area contributed by atoms with Crippen molar-refractivity contribution in [2.24, 2.45) is 0 Å². The van der Waals surface area contributed by atoms with Gasteiger partial charge < -0.3 is 224 Å². The maximum atomic E-state index is 9.82. The molecular formula is C4H88O42. The summed E-state index contributed by atoms with van der Waals surface area (Å²) in [4.78, 5) is 9.82. The topological polar surface area (TPSA) is 1290 Å². The summed E-state index contributed by atoms with van der Waals surface area (Å²) in [5.41, 5.74) is 0. The van der Waals surface area contributed by atoms with Crippen LogP contribution in [0.2, 0.25) is 0 Å². The molecule has 80 N–H and O–H groups in total. The van der Waals surface area contributed by atoms with E-state index in [1.54, 1.807) is 6.92 Å². The lowest BCUT2D eigenvalue weighted by atomic mass is 10.8. The van der Waals surface area contributed by atoms with Gasteiger partial charge in [0.05, 0.1) is 6.61 Å². The smallest absolute Gasteiger partial charge is 0.302 e. The molecule has 0 aliphatic rings. The highest BCUT2D eigenvalue weighted by Crippen LogP contribution is 1.69.